The Morgan fingerprint density at radius 2 is 1.81 bits per heavy atom. The van der Waals surface area contributed by atoms with Crippen LogP contribution in [0.5, 0.6) is 0 Å². The van der Waals surface area contributed by atoms with E-state index in [4.69, 9.17) is 4.74 Å². The summed E-state index contributed by atoms with van der Waals surface area (Å²) in [4.78, 5) is 11.4. The third-order valence-electron chi connectivity index (χ3n) is 4.23. The predicted molar refractivity (Wildman–Crippen MR) is 65.2 cm³/mol. The van der Waals surface area contributed by atoms with Crippen LogP contribution in [0.25, 0.3) is 0 Å². The Morgan fingerprint density at radius 3 is 2.25 bits per heavy atom. The van der Waals surface area contributed by atoms with Gasteiger partial charge in [0.15, 0.2) is 0 Å². The summed E-state index contributed by atoms with van der Waals surface area (Å²) in [6, 6.07) is 0.415. The van der Waals surface area contributed by atoms with E-state index in [0.717, 1.165) is 12.8 Å². The van der Waals surface area contributed by atoms with Gasteiger partial charge in [0.25, 0.3) is 0 Å². The molecule has 0 heterocycles. The van der Waals surface area contributed by atoms with Crippen molar-refractivity contribution in [3.63, 3.8) is 0 Å². The lowest BCUT2D eigenvalue weighted by molar-refractivity contribution is -0.142. The Kier molecular flexibility index (Phi) is 4.00. The average Bonchev–Trinajstić information content (AvgIpc) is 2.55. The smallest absolute Gasteiger partial charge is 0.319 e. The van der Waals surface area contributed by atoms with Crippen molar-refractivity contribution in [2.45, 2.75) is 53.5 Å². The maximum atomic E-state index is 11.4. The van der Waals surface area contributed by atoms with Gasteiger partial charge in [-0.25, -0.2) is 0 Å². The van der Waals surface area contributed by atoms with Crippen LogP contribution in [0.3, 0.4) is 0 Å². The molecular formula is C13H25NO2. The monoisotopic (exact) mass is 227 g/mol. The fraction of sp³-hybridized carbons (Fsp3) is 0.923. The van der Waals surface area contributed by atoms with Gasteiger partial charge in [0.05, 0.1) is 13.2 Å². The molecule has 1 aliphatic rings. The first kappa shape index (κ1) is 13.5. The quantitative estimate of drug-likeness (QED) is 0.559. The largest absolute Gasteiger partial charge is 0.465 e. The van der Waals surface area contributed by atoms with E-state index in [1.54, 1.807) is 0 Å². The van der Waals surface area contributed by atoms with Gasteiger partial charge >= 0.3 is 5.97 Å². The SMILES string of the molecule is CCCCOC(=O)CNC1C(C)(C)C1(C)C. The molecule has 1 N–H and O–H groups in total. The summed E-state index contributed by atoms with van der Waals surface area (Å²) in [5, 5.41) is 3.29. The highest BCUT2D eigenvalue weighted by Gasteiger charge is 2.64. The molecule has 1 saturated carbocycles. The van der Waals surface area contributed by atoms with Crippen molar-refractivity contribution in [2.24, 2.45) is 10.8 Å². The molecule has 0 aliphatic heterocycles. The summed E-state index contributed by atoms with van der Waals surface area (Å²) in [7, 11) is 0. The minimum atomic E-state index is -0.132. The van der Waals surface area contributed by atoms with Crippen LogP contribution in [0.1, 0.15) is 47.5 Å². The first-order valence-electron chi connectivity index (χ1n) is 6.23. The lowest BCUT2D eigenvalue weighted by atomic mass is 10.0. The van der Waals surface area contributed by atoms with Crippen molar-refractivity contribution < 1.29 is 9.53 Å². The molecule has 16 heavy (non-hydrogen) atoms. The maximum absolute atomic E-state index is 11.4. The van der Waals surface area contributed by atoms with Crippen molar-refractivity contribution in [3.8, 4) is 0 Å². The number of carbonyl (C=O) groups is 1. The molecule has 1 aliphatic carbocycles. The molecule has 0 unspecified atom stereocenters. The second kappa shape index (κ2) is 4.74. The van der Waals surface area contributed by atoms with Gasteiger partial charge in [-0.3, -0.25) is 4.79 Å². The predicted octanol–water partition coefficient (Wildman–Crippen LogP) is 2.35. The summed E-state index contributed by atoms with van der Waals surface area (Å²) in [6.07, 6.45) is 2.01. The third-order valence-corrected chi connectivity index (χ3v) is 4.23. The van der Waals surface area contributed by atoms with Crippen LogP contribution in [0.2, 0.25) is 0 Å². The molecule has 0 aromatic rings. The van der Waals surface area contributed by atoms with Crippen LogP contribution in [0, 0.1) is 10.8 Å². The van der Waals surface area contributed by atoms with E-state index in [9.17, 15) is 4.79 Å². The first-order valence-corrected chi connectivity index (χ1v) is 6.23. The van der Waals surface area contributed by atoms with Crippen molar-refractivity contribution in [2.75, 3.05) is 13.2 Å². The molecule has 3 nitrogen and oxygen atoms in total. The van der Waals surface area contributed by atoms with Gasteiger partial charge in [0.2, 0.25) is 0 Å². The van der Waals surface area contributed by atoms with Gasteiger partial charge in [-0.1, -0.05) is 41.0 Å². The van der Waals surface area contributed by atoms with E-state index in [0.29, 0.717) is 19.2 Å². The van der Waals surface area contributed by atoms with Gasteiger partial charge < -0.3 is 10.1 Å². The van der Waals surface area contributed by atoms with E-state index < -0.39 is 0 Å². The van der Waals surface area contributed by atoms with E-state index >= 15 is 0 Å². The summed E-state index contributed by atoms with van der Waals surface area (Å²) in [6.45, 7) is 11.9. The molecular weight excluding hydrogens is 202 g/mol. The highest BCUT2D eigenvalue weighted by molar-refractivity contribution is 5.71. The number of carbonyl (C=O) groups excluding carboxylic acids is 1. The fourth-order valence-electron chi connectivity index (χ4n) is 2.27. The molecule has 0 aromatic heterocycles. The normalized spacial score (nSPS) is 21.8. The third kappa shape index (κ3) is 2.57. The number of rotatable bonds is 6. The Balaban J connectivity index is 2.19. The first-order chi connectivity index (χ1) is 7.34. The number of unbranched alkanes of at least 4 members (excludes halogenated alkanes) is 1. The lowest BCUT2D eigenvalue weighted by Gasteiger charge is -2.06. The van der Waals surface area contributed by atoms with Crippen molar-refractivity contribution in [1.29, 1.82) is 0 Å². The average molecular weight is 227 g/mol. The number of ether oxygens (including phenoxy) is 1. The fourth-order valence-corrected chi connectivity index (χ4v) is 2.27. The Hall–Kier alpha value is -0.570. The minimum absolute atomic E-state index is 0.132. The second-order valence-electron chi connectivity index (χ2n) is 5.83. The Bertz CT molecular complexity index is 245. The molecule has 0 radical (unpaired) electrons. The minimum Gasteiger partial charge on any atom is -0.465 e. The zero-order valence-corrected chi connectivity index (χ0v) is 11.2. The summed E-state index contributed by atoms with van der Waals surface area (Å²) in [5.41, 5.74) is 0.549. The highest BCUT2D eigenvalue weighted by Crippen LogP contribution is 2.62. The molecule has 94 valence electrons. The molecule has 0 amide bonds. The van der Waals surface area contributed by atoms with Crippen molar-refractivity contribution in [3.05, 3.63) is 0 Å². The number of esters is 1. The van der Waals surface area contributed by atoms with Crippen LogP contribution < -0.4 is 5.32 Å². The highest BCUT2D eigenvalue weighted by atomic mass is 16.5. The molecule has 3 heteroatoms. The van der Waals surface area contributed by atoms with Gasteiger partial charge in [0, 0.05) is 6.04 Å². The molecule has 1 rings (SSSR count). The molecule has 0 atom stereocenters. The number of hydrogen-bond acceptors (Lipinski definition) is 3. The summed E-state index contributed by atoms with van der Waals surface area (Å²) in [5.74, 6) is -0.132. The molecule has 0 bridgehead atoms. The summed E-state index contributed by atoms with van der Waals surface area (Å²) >= 11 is 0. The van der Waals surface area contributed by atoms with Crippen molar-refractivity contribution in [1.82, 2.24) is 5.32 Å². The summed E-state index contributed by atoms with van der Waals surface area (Å²) < 4.78 is 5.10. The Morgan fingerprint density at radius 1 is 1.25 bits per heavy atom. The maximum Gasteiger partial charge on any atom is 0.319 e. The van der Waals surface area contributed by atoms with E-state index in [2.05, 4.69) is 39.9 Å². The van der Waals surface area contributed by atoms with Gasteiger partial charge in [0.1, 0.15) is 0 Å². The topological polar surface area (TPSA) is 38.3 Å². The standard InChI is InChI=1S/C13H25NO2/c1-6-7-8-16-10(15)9-14-11-12(2,3)13(11,4)5/h11,14H,6-9H2,1-5H3. The van der Waals surface area contributed by atoms with Crippen LogP contribution in [0.4, 0.5) is 0 Å². The van der Waals surface area contributed by atoms with Crippen LogP contribution in [-0.2, 0) is 9.53 Å². The Labute approximate surface area is 98.9 Å². The second-order valence-corrected chi connectivity index (χ2v) is 5.83. The molecule has 0 saturated heterocycles. The lowest BCUT2D eigenvalue weighted by Crippen LogP contribution is -2.30. The molecule has 0 aromatic carbocycles. The van der Waals surface area contributed by atoms with Crippen LogP contribution >= 0.6 is 0 Å². The zero-order chi connectivity index (χ0) is 12.4. The van der Waals surface area contributed by atoms with Crippen LogP contribution in [0.15, 0.2) is 0 Å². The van der Waals surface area contributed by atoms with E-state index in [-0.39, 0.29) is 16.8 Å². The van der Waals surface area contributed by atoms with Crippen LogP contribution in [-0.4, -0.2) is 25.2 Å². The molecule has 1 fully saturated rings. The van der Waals surface area contributed by atoms with E-state index in [1.165, 1.54) is 0 Å². The number of nitrogens with one attached hydrogen (secondary N) is 1. The molecule has 0 spiro atoms. The van der Waals surface area contributed by atoms with Gasteiger partial charge in [-0.15, -0.1) is 0 Å². The van der Waals surface area contributed by atoms with Crippen molar-refractivity contribution >= 4 is 5.97 Å². The van der Waals surface area contributed by atoms with E-state index in [1.807, 2.05) is 0 Å². The number of hydrogen-bond donors (Lipinski definition) is 1. The van der Waals surface area contributed by atoms with Gasteiger partial charge in [-0.05, 0) is 17.3 Å². The zero-order valence-electron chi connectivity index (χ0n) is 11.2. The van der Waals surface area contributed by atoms with Gasteiger partial charge in [-0.2, -0.15) is 0 Å².